The molecule has 0 fully saturated rings. The molecule has 0 amide bonds. The highest BCUT2D eigenvalue weighted by Crippen LogP contribution is 2.27. The summed E-state index contributed by atoms with van der Waals surface area (Å²) in [5.74, 6) is -6.60. The van der Waals surface area contributed by atoms with Crippen LogP contribution in [0.1, 0.15) is 5.56 Å². The van der Waals surface area contributed by atoms with E-state index in [0.717, 1.165) is 0 Å². The first kappa shape index (κ1) is 14.3. The fourth-order valence-corrected chi connectivity index (χ4v) is 1.66. The zero-order valence-corrected chi connectivity index (χ0v) is 10.4. The van der Waals surface area contributed by atoms with Crippen LogP contribution in [0, 0.1) is 23.5 Å². The average Bonchev–Trinajstić information content (AvgIpc) is 2.43. The Morgan fingerprint density at radius 3 is 2.25 bits per heavy atom. The van der Waals surface area contributed by atoms with E-state index in [-0.39, 0.29) is 12.3 Å². The van der Waals surface area contributed by atoms with Gasteiger partial charge in [0.25, 0.3) is 11.9 Å². The second-order valence-corrected chi connectivity index (χ2v) is 3.91. The Bertz CT molecular complexity index is 608. The fourth-order valence-electron chi connectivity index (χ4n) is 1.66. The van der Waals surface area contributed by atoms with Gasteiger partial charge in [-0.25, -0.2) is 0 Å². The first-order chi connectivity index (χ1) is 9.54. The Kier molecular flexibility index (Phi) is 4.19. The van der Waals surface area contributed by atoms with E-state index in [9.17, 15) is 17.6 Å². The van der Waals surface area contributed by atoms with Crippen LogP contribution in [-0.4, -0.2) is 12.1 Å². The van der Waals surface area contributed by atoms with E-state index >= 15 is 0 Å². The van der Waals surface area contributed by atoms with Crippen molar-refractivity contribution in [2.45, 2.75) is 6.61 Å². The maximum Gasteiger partial charge on any atom is 0.253 e. The second-order valence-electron chi connectivity index (χ2n) is 3.91. The summed E-state index contributed by atoms with van der Waals surface area (Å²) in [6.07, 6.45) is 0. The molecule has 0 spiro atoms. The Morgan fingerprint density at radius 2 is 1.65 bits per heavy atom. The number of nitrogens with one attached hydrogen (secondary N) is 1. The quantitative estimate of drug-likeness (QED) is 0.689. The number of halogens is 4. The zero-order valence-electron chi connectivity index (χ0n) is 10.4. The smallest absolute Gasteiger partial charge is 0.253 e. The van der Waals surface area contributed by atoms with Crippen LogP contribution in [0.15, 0.2) is 24.3 Å². The lowest BCUT2D eigenvalue weighted by Crippen LogP contribution is -2.07. The third-order valence-corrected chi connectivity index (χ3v) is 2.57. The molecule has 106 valence electrons. The normalized spacial score (nSPS) is 10.7. The van der Waals surface area contributed by atoms with Crippen LogP contribution in [-0.2, 0) is 11.3 Å². The molecule has 0 radical (unpaired) electrons. The number of hydrogen-bond donors (Lipinski definition) is 1. The van der Waals surface area contributed by atoms with Crippen molar-refractivity contribution in [3.05, 3.63) is 53.4 Å². The third kappa shape index (κ3) is 2.72. The van der Waals surface area contributed by atoms with Gasteiger partial charge in [0.15, 0.2) is 0 Å². The molecule has 1 aromatic carbocycles. The van der Waals surface area contributed by atoms with Crippen LogP contribution in [0.2, 0.25) is 0 Å². The van der Waals surface area contributed by atoms with Gasteiger partial charge in [-0.2, -0.15) is 22.5 Å². The molecule has 20 heavy (non-hydrogen) atoms. The lowest BCUT2D eigenvalue weighted by atomic mass is 10.2. The predicted octanol–water partition coefficient (Wildman–Crippen LogP) is 3.53. The number of ether oxygens (including phenoxy) is 1. The predicted molar refractivity (Wildman–Crippen MR) is 64.5 cm³/mol. The molecule has 0 aliphatic carbocycles. The van der Waals surface area contributed by atoms with Gasteiger partial charge in [0.05, 0.1) is 6.61 Å². The molecule has 3 nitrogen and oxygen atoms in total. The van der Waals surface area contributed by atoms with Crippen molar-refractivity contribution < 1.29 is 22.3 Å². The minimum Gasteiger partial charge on any atom is -0.380 e. The molecule has 0 unspecified atom stereocenters. The number of hydrogen-bond acceptors (Lipinski definition) is 3. The van der Waals surface area contributed by atoms with Gasteiger partial charge in [0.2, 0.25) is 11.6 Å². The van der Waals surface area contributed by atoms with E-state index in [1.807, 2.05) is 0 Å². The van der Waals surface area contributed by atoms with Crippen molar-refractivity contribution in [2.24, 2.45) is 0 Å². The highest BCUT2D eigenvalue weighted by atomic mass is 19.2. The van der Waals surface area contributed by atoms with Crippen molar-refractivity contribution in [3.8, 4) is 0 Å². The van der Waals surface area contributed by atoms with Gasteiger partial charge in [-0.15, -0.1) is 0 Å². The van der Waals surface area contributed by atoms with Gasteiger partial charge in [0.1, 0.15) is 5.69 Å². The van der Waals surface area contributed by atoms with Crippen LogP contribution in [0.4, 0.5) is 28.9 Å². The summed E-state index contributed by atoms with van der Waals surface area (Å²) in [5, 5.41) is 2.33. The van der Waals surface area contributed by atoms with Crippen molar-refractivity contribution in [1.82, 2.24) is 4.98 Å². The van der Waals surface area contributed by atoms with E-state index < -0.39 is 29.2 Å². The van der Waals surface area contributed by atoms with Gasteiger partial charge < -0.3 is 10.1 Å². The Balaban J connectivity index is 2.45. The SMILES string of the molecule is COCc1ccccc1Nc1c(F)c(F)nc(F)c1F. The molecule has 0 saturated carbocycles. The van der Waals surface area contributed by atoms with Gasteiger partial charge in [0, 0.05) is 18.4 Å². The average molecular weight is 286 g/mol. The number of rotatable bonds is 4. The van der Waals surface area contributed by atoms with E-state index in [4.69, 9.17) is 4.74 Å². The van der Waals surface area contributed by atoms with Gasteiger partial charge in [-0.1, -0.05) is 18.2 Å². The number of benzene rings is 1. The number of pyridine rings is 1. The summed E-state index contributed by atoms with van der Waals surface area (Å²) in [6.45, 7) is 0.169. The van der Waals surface area contributed by atoms with Crippen molar-refractivity contribution in [1.29, 1.82) is 0 Å². The summed E-state index contributed by atoms with van der Waals surface area (Å²) >= 11 is 0. The van der Waals surface area contributed by atoms with Gasteiger partial charge in [-0.3, -0.25) is 0 Å². The lowest BCUT2D eigenvalue weighted by Gasteiger charge is -2.13. The van der Waals surface area contributed by atoms with Crippen LogP contribution in [0.5, 0.6) is 0 Å². The monoisotopic (exact) mass is 286 g/mol. The standard InChI is InChI=1S/C13H10F4N2O/c1-20-6-7-4-2-3-5-8(7)18-11-9(14)12(16)19-13(17)10(11)15/h2-5H,6H2,1H3,(H,18,19). The largest absolute Gasteiger partial charge is 0.380 e. The Labute approximate surface area is 112 Å². The first-order valence-corrected chi connectivity index (χ1v) is 5.58. The van der Waals surface area contributed by atoms with Crippen LogP contribution in [0.25, 0.3) is 0 Å². The highest BCUT2D eigenvalue weighted by molar-refractivity contribution is 5.63. The molecule has 0 atom stereocenters. The van der Waals surface area contributed by atoms with E-state index in [0.29, 0.717) is 5.56 Å². The first-order valence-electron chi connectivity index (χ1n) is 5.58. The molecule has 0 aliphatic rings. The maximum atomic E-state index is 13.5. The van der Waals surface area contributed by atoms with E-state index in [1.165, 1.54) is 13.2 Å². The van der Waals surface area contributed by atoms with Crippen LogP contribution < -0.4 is 5.32 Å². The number of para-hydroxylation sites is 1. The highest BCUT2D eigenvalue weighted by Gasteiger charge is 2.21. The zero-order chi connectivity index (χ0) is 14.7. The Morgan fingerprint density at radius 1 is 1.05 bits per heavy atom. The van der Waals surface area contributed by atoms with Gasteiger partial charge >= 0.3 is 0 Å². The lowest BCUT2D eigenvalue weighted by molar-refractivity contribution is 0.185. The molecule has 0 aliphatic heterocycles. The molecular formula is C13H10F4N2O. The van der Waals surface area contributed by atoms with E-state index in [1.54, 1.807) is 18.2 Å². The maximum absolute atomic E-state index is 13.5. The van der Waals surface area contributed by atoms with Crippen molar-refractivity contribution in [2.75, 3.05) is 12.4 Å². The molecule has 7 heteroatoms. The molecule has 2 rings (SSSR count). The Hall–Kier alpha value is -2.15. The minimum absolute atomic E-state index is 0.169. The van der Waals surface area contributed by atoms with Crippen LogP contribution >= 0.6 is 0 Å². The number of anilines is 2. The fraction of sp³-hybridized carbons (Fsp3) is 0.154. The molecule has 0 bridgehead atoms. The van der Waals surface area contributed by atoms with E-state index in [2.05, 4.69) is 10.3 Å². The summed E-state index contributed by atoms with van der Waals surface area (Å²) < 4.78 is 58.0. The second kappa shape index (κ2) is 5.87. The molecule has 1 heterocycles. The summed E-state index contributed by atoms with van der Waals surface area (Å²) in [5.41, 5.74) is -0.0814. The summed E-state index contributed by atoms with van der Waals surface area (Å²) in [4.78, 5) is 2.49. The molecular weight excluding hydrogens is 276 g/mol. The molecule has 0 saturated heterocycles. The molecule has 1 aromatic heterocycles. The number of methoxy groups -OCH3 is 1. The van der Waals surface area contributed by atoms with Gasteiger partial charge in [-0.05, 0) is 6.07 Å². The minimum atomic E-state index is -1.71. The van der Waals surface area contributed by atoms with Crippen molar-refractivity contribution in [3.63, 3.8) is 0 Å². The molecule has 1 N–H and O–H groups in total. The topological polar surface area (TPSA) is 34.1 Å². The summed E-state index contributed by atoms with van der Waals surface area (Å²) in [7, 11) is 1.45. The summed E-state index contributed by atoms with van der Waals surface area (Å²) in [6, 6.07) is 6.45. The molecule has 2 aromatic rings. The van der Waals surface area contributed by atoms with Crippen molar-refractivity contribution >= 4 is 11.4 Å². The number of aromatic nitrogens is 1. The third-order valence-electron chi connectivity index (χ3n) is 2.57. The number of nitrogens with zero attached hydrogens (tertiary/aromatic N) is 1. The van der Waals surface area contributed by atoms with Crippen LogP contribution in [0.3, 0.4) is 0 Å².